The molecule has 0 aromatic carbocycles. The van der Waals surface area contributed by atoms with E-state index in [1.807, 2.05) is 0 Å². The van der Waals surface area contributed by atoms with Gasteiger partial charge in [0.05, 0.1) is 20.3 Å². The fourth-order valence-corrected chi connectivity index (χ4v) is 1.99. The van der Waals surface area contributed by atoms with E-state index >= 15 is 0 Å². The minimum atomic E-state index is -1.02. The highest BCUT2D eigenvalue weighted by Gasteiger charge is 2.20. The summed E-state index contributed by atoms with van der Waals surface area (Å²) in [6.45, 7) is 4.56. The number of carboxylic acid groups (broad SMARTS) is 1. The zero-order valence-electron chi connectivity index (χ0n) is 10.5. The van der Waals surface area contributed by atoms with Gasteiger partial charge in [-0.25, -0.2) is 4.79 Å². The summed E-state index contributed by atoms with van der Waals surface area (Å²) in [6, 6.07) is 1.78. The lowest BCUT2D eigenvalue weighted by Crippen LogP contribution is -2.36. The van der Waals surface area contributed by atoms with E-state index < -0.39 is 5.97 Å². The zero-order chi connectivity index (χ0) is 13.1. The van der Waals surface area contributed by atoms with E-state index in [1.54, 1.807) is 13.0 Å². The van der Waals surface area contributed by atoms with Crippen LogP contribution >= 0.6 is 0 Å². The third-order valence-electron chi connectivity index (χ3n) is 2.91. The molecule has 1 saturated heterocycles. The molecule has 1 aliphatic heterocycles. The Morgan fingerprint density at radius 1 is 1.50 bits per heavy atom. The molecule has 0 bridgehead atoms. The SMILES string of the molecule is COc1nc(N2CCOCC2)cc(C)c1C(=O)O. The maximum Gasteiger partial charge on any atom is 0.341 e. The van der Waals surface area contributed by atoms with E-state index in [4.69, 9.17) is 14.6 Å². The van der Waals surface area contributed by atoms with Crippen molar-refractivity contribution in [3.8, 4) is 5.88 Å². The number of aryl methyl sites for hydroxylation is 1. The number of rotatable bonds is 3. The number of morpholine rings is 1. The molecule has 0 aliphatic carbocycles. The van der Waals surface area contributed by atoms with E-state index in [2.05, 4.69) is 9.88 Å². The molecule has 1 fully saturated rings. The van der Waals surface area contributed by atoms with Gasteiger partial charge in [0, 0.05) is 13.1 Å². The summed E-state index contributed by atoms with van der Waals surface area (Å²) in [5.41, 5.74) is 0.769. The first-order valence-electron chi connectivity index (χ1n) is 5.75. The van der Waals surface area contributed by atoms with Gasteiger partial charge < -0.3 is 19.5 Å². The third kappa shape index (κ3) is 2.38. The zero-order valence-corrected chi connectivity index (χ0v) is 10.5. The van der Waals surface area contributed by atoms with Crippen LogP contribution in [0.5, 0.6) is 5.88 Å². The van der Waals surface area contributed by atoms with Crippen molar-refractivity contribution in [1.29, 1.82) is 0 Å². The molecule has 0 unspecified atom stereocenters. The van der Waals surface area contributed by atoms with Crippen LogP contribution in [0.25, 0.3) is 0 Å². The molecule has 0 amide bonds. The van der Waals surface area contributed by atoms with Crippen LogP contribution in [0.15, 0.2) is 6.07 Å². The second-order valence-electron chi connectivity index (χ2n) is 4.09. The van der Waals surface area contributed by atoms with Crippen LogP contribution in [0.3, 0.4) is 0 Å². The van der Waals surface area contributed by atoms with Crippen molar-refractivity contribution < 1.29 is 19.4 Å². The summed E-state index contributed by atoms with van der Waals surface area (Å²) < 4.78 is 10.3. The van der Waals surface area contributed by atoms with Gasteiger partial charge in [0.25, 0.3) is 0 Å². The molecule has 6 nitrogen and oxygen atoms in total. The fraction of sp³-hybridized carbons (Fsp3) is 0.500. The summed E-state index contributed by atoms with van der Waals surface area (Å²) in [6.07, 6.45) is 0. The van der Waals surface area contributed by atoms with Crippen molar-refractivity contribution in [3.63, 3.8) is 0 Å². The van der Waals surface area contributed by atoms with Crippen LogP contribution in [-0.2, 0) is 4.74 Å². The first kappa shape index (κ1) is 12.6. The molecule has 6 heteroatoms. The Hall–Kier alpha value is -1.82. The van der Waals surface area contributed by atoms with E-state index in [0.29, 0.717) is 18.8 Å². The monoisotopic (exact) mass is 252 g/mol. The van der Waals surface area contributed by atoms with Crippen molar-refractivity contribution in [1.82, 2.24) is 4.98 Å². The summed E-state index contributed by atoms with van der Waals surface area (Å²) >= 11 is 0. The first-order chi connectivity index (χ1) is 8.63. The summed E-state index contributed by atoms with van der Waals surface area (Å²) in [5.74, 6) is -0.132. The van der Waals surface area contributed by atoms with Gasteiger partial charge >= 0.3 is 5.97 Å². The predicted molar refractivity (Wildman–Crippen MR) is 65.5 cm³/mol. The average Bonchev–Trinajstić information content (AvgIpc) is 2.38. The maximum atomic E-state index is 11.1. The molecule has 2 rings (SSSR count). The number of carbonyl (C=O) groups is 1. The Labute approximate surface area is 105 Å². The smallest absolute Gasteiger partial charge is 0.341 e. The second kappa shape index (κ2) is 5.22. The molecule has 0 spiro atoms. The van der Waals surface area contributed by atoms with Crippen LogP contribution < -0.4 is 9.64 Å². The van der Waals surface area contributed by atoms with Crippen LogP contribution in [0.1, 0.15) is 15.9 Å². The van der Waals surface area contributed by atoms with Crippen molar-refractivity contribution in [2.24, 2.45) is 0 Å². The lowest BCUT2D eigenvalue weighted by Gasteiger charge is -2.28. The third-order valence-corrected chi connectivity index (χ3v) is 2.91. The molecule has 98 valence electrons. The standard InChI is InChI=1S/C12H16N2O4/c1-8-7-9(14-3-5-18-6-4-14)13-11(17-2)10(8)12(15)16/h7H,3-6H2,1-2H3,(H,15,16). The van der Waals surface area contributed by atoms with E-state index in [0.717, 1.165) is 18.9 Å². The Morgan fingerprint density at radius 3 is 2.72 bits per heavy atom. The molecular weight excluding hydrogens is 236 g/mol. The lowest BCUT2D eigenvalue weighted by molar-refractivity contribution is 0.0691. The summed E-state index contributed by atoms with van der Waals surface area (Å²) in [4.78, 5) is 17.5. The molecule has 1 N–H and O–H groups in total. The number of hydrogen-bond acceptors (Lipinski definition) is 5. The van der Waals surface area contributed by atoms with Crippen LogP contribution in [0.4, 0.5) is 5.82 Å². The summed E-state index contributed by atoms with van der Waals surface area (Å²) in [7, 11) is 1.43. The van der Waals surface area contributed by atoms with Crippen molar-refractivity contribution in [3.05, 3.63) is 17.2 Å². The summed E-state index contributed by atoms with van der Waals surface area (Å²) in [5, 5.41) is 9.13. The molecule has 1 aromatic heterocycles. The quantitative estimate of drug-likeness (QED) is 0.863. The second-order valence-corrected chi connectivity index (χ2v) is 4.09. The number of aromatic carboxylic acids is 1. The van der Waals surface area contributed by atoms with Gasteiger partial charge in [0.15, 0.2) is 0 Å². The highest BCUT2D eigenvalue weighted by Crippen LogP contribution is 2.25. The Morgan fingerprint density at radius 2 is 2.17 bits per heavy atom. The van der Waals surface area contributed by atoms with Crippen molar-refractivity contribution in [2.75, 3.05) is 38.3 Å². The van der Waals surface area contributed by atoms with Crippen LogP contribution in [0, 0.1) is 6.92 Å². The minimum Gasteiger partial charge on any atom is -0.480 e. The van der Waals surface area contributed by atoms with E-state index in [1.165, 1.54) is 7.11 Å². The number of ether oxygens (including phenoxy) is 2. The molecular formula is C12H16N2O4. The number of methoxy groups -OCH3 is 1. The van der Waals surface area contributed by atoms with Gasteiger partial charge in [-0.3, -0.25) is 0 Å². The number of hydrogen-bond donors (Lipinski definition) is 1. The number of pyridine rings is 1. The van der Waals surface area contributed by atoms with E-state index in [-0.39, 0.29) is 11.4 Å². The number of aromatic nitrogens is 1. The van der Waals surface area contributed by atoms with Crippen LogP contribution in [0.2, 0.25) is 0 Å². The van der Waals surface area contributed by atoms with Gasteiger partial charge in [0.2, 0.25) is 5.88 Å². The maximum absolute atomic E-state index is 11.1. The van der Waals surface area contributed by atoms with Gasteiger partial charge in [-0.2, -0.15) is 4.98 Å². The molecule has 1 aliphatic rings. The fourth-order valence-electron chi connectivity index (χ4n) is 1.99. The highest BCUT2D eigenvalue weighted by molar-refractivity contribution is 5.92. The number of carboxylic acids is 1. The van der Waals surface area contributed by atoms with Crippen molar-refractivity contribution in [2.45, 2.75) is 6.92 Å². The average molecular weight is 252 g/mol. The van der Waals surface area contributed by atoms with Gasteiger partial charge in [-0.05, 0) is 18.6 Å². The highest BCUT2D eigenvalue weighted by atomic mass is 16.5. The normalized spacial score (nSPS) is 15.6. The van der Waals surface area contributed by atoms with Gasteiger partial charge in [-0.1, -0.05) is 0 Å². The molecule has 0 radical (unpaired) electrons. The molecule has 18 heavy (non-hydrogen) atoms. The van der Waals surface area contributed by atoms with Crippen LogP contribution in [-0.4, -0.2) is 49.5 Å². The van der Waals surface area contributed by atoms with Gasteiger partial charge in [-0.15, -0.1) is 0 Å². The number of anilines is 1. The molecule has 1 aromatic rings. The Kier molecular flexibility index (Phi) is 3.66. The first-order valence-corrected chi connectivity index (χ1v) is 5.75. The van der Waals surface area contributed by atoms with Crippen molar-refractivity contribution >= 4 is 11.8 Å². The minimum absolute atomic E-state index is 0.120. The Balaban J connectivity index is 2.38. The largest absolute Gasteiger partial charge is 0.480 e. The van der Waals surface area contributed by atoms with E-state index in [9.17, 15) is 4.79 Å². The topological polar surface area (TPSA) is 71.9 Å². The molecule has 2 heterocycles. The number of nitrogens with zero attached hydrogens (tertiary/aromatic N) is 2. The molecule has 0 atom stereocenters. The Bertz CT molecular complexity index is 456. The van der Waals surface area contributed by atoms with Gasteiger partial charge in [0.1, 0.15) is 11.4 Å². The lowest BCUT2D eigenvalue weighted by atomic mass is 10.1. The predicted octanol–water partition coefficient (Wildman–Crippen LogP) is 0.933. The molecule has 0 saturated carbocycles.